The van der Waals surface area contributed by atoms with Gasteiger partial charge in [0.2, 0.25) is 17.8 Å². The third-order valence-electron chi connectivity index (χ3n) is 5.56. The van der Waals surface area contributed by atoms with Crippen molar-refractivity contribution in [1.29, 1.82) is 0 Å². The first-order valence-electron chi connectivity index (χ1n) is 12.5. The van der Waals surface area contributed by atoms with Crippen LogP contribution >= 0.6 is 0 Å². The Hall–Kier alpha value is -3.28. The molecule has 1 heterocycles. The summed E-state index contributed by atoms with van der Waals surface area (Å²) in [5.41, 5.74) is 6.94. The normalized spacial score (nSPS) is 13.4. The molecule has 0 bridgehead atoms. The molecule has 11 heteroatoms. The fourth-order valence-electron chi connectivity index (χ4n) is 3.71. The van der Waals surface area contributed by atoms with Crippen LogP contribution in [0.3, 0.4) is 0 Å². The molecule has 196 valence electrons. The van der Waals surface area contributed by atoms with E-state index < -0.39 is 0 Å². The number of aromatic nitrogens is 3. The minimum absolute atomic E-state index is 0.143. The smallest absolute Gasteiger partial charge is 0.251 e. The number of anilines is 3. The maximum Gasteiger partial charge on any atom is 0.251 e. The molecule has 2 aromatic rings. The number of hydrogen-bond acceptors (Lipinski definition) is 10. The van der Waals surface area contributed by atoms with Crippen molar-refractivity contribution in [1.82, 2.24) is 20.3 Å². The van der Waals surface area contributed by atoms with Crippen LogP contribution in [-0.2, 0) is 16.0 Å². The third kappa shape index (κ3) is 9.76. The predicted molar refractivity (Wildman–Crippen MR) is 141 cm³/mol. The second kappa shape index (κ2) is 15.7. The lowest BCUT2D eigenvalue weighted by atomic mass is 10.1. The van der Waals surface area contributed by atoms with Gasteiger partial charge in [0.25, 0.3) is 5.91 Å². The zero-order valence-electron chi connectivity index (χ0n) is 20.8. The van der Waals surface area contributed by atoms with E-state index in [1.165, 1.54) is 12.8 Å². The Morgan fingerprint density at radius 2 is 1.64 bits per heavy atom. The van der Waals surface area contributed by atoms with Crippen LogP contribution in [0.5, 0.6) is 0 Å². The molecule has 0 spiro atoms. The van der Waals surface area contributed by atoms with Gasteiger partial charge < -0.3 is 36.5 Å². The van der Waals surface area contributed by atoms with E-state index in [1.807, 2.05) is 12.1 Å². The zero-order chi connectivity index (χ0) is 25.4. The fourth-order valence-corrected chi connectivity index (χ4v) is 3.71. The van der Waals surface area contributed by atoms with E-state index in [1.54, 1.807) is 18.2 Å². The summed E-state index contributed by atoms with van der Waals surface area (Å²) in [6.07, 6.45) is 6.46. The van der Waals surface area contributed by atoms with Gasteiger partial charge in [-0.25, -0.2) is 0 Å². The maximum absolute atomic E-state index is 12.3. The first-order valence-corrected chi connectivity index (χ1v) is 12.5. The van der Waals surface area contributed by atoms with Gasteiger partial charge in [-0.3, -0.25) is 4.79 Å². The second-order valence-corrected chi connectivity index (χ2v) is 8.42. The summed E-state index contributed by atoms with van der Waals surface area (Å²) >= 11 is 0. The lowest BCUT2D eigenvalue weighted by Gasteiger charge is -2.14. The number of nitrogens with two attached hydrogens (primary N) is 1. The molecular weight excluding hydrogens is 460 g/mol. The lowest BCUT2D eigenvalue weighted by Crippen LogP contribution is -2.27. The Bertz CT molecular complexity index is 935. The van der Waals surface area contributed by atoms with E-state index in [4.69, 9.17) is 15.2 Å². The van der Waals surface area contributed by atoms with Crippen LogP contribution in [0.15, 0.2) is 36.9 Å². The Kier molecular flexibility index (Phi) is 11.9. The largest absolute Gasteiger partial charge is 0.378 e. The summed E-state index contributed by atoms with van der Waals surface area (Å²) in [4.78, 5) is 25.8. The summed E-state index contributed by atoms with van der Waals surface area (Å²) in [6, 6.07) is 7.80. The number of ether oxygens (including phenoxy) is 2. The minimum Gasteiger partial charge on any atom is -0.378 e. The van der Waals surface area contributed by atoms with Crippen LogP contribution in [0, 0.1) is 0 Å². The number of carbonyl (C=O) groups is 1. The molecule has 0 unspecified atom stereocenters. The SMILES string of the molecule is C=CCNc1nc(NCc2ccc(C(=O)NCCOCCOCCN)cc2)nc(NC2CCCC2)n1. The van der Waals surface area contributed by atoms with Crippen molar-refractivity contribution in [2.75, 3.05) is 62.0 Å². The number of amides is 1. The maximum atomic E-state index is 12.3. The minimum atomic E-state index is -0.143. The Labute approximate surface area is 212 Å². The van der Waals surface area contributed by atoms with Crippen LogP contribution in [0.25, 0.3) is 0 Å². The van der Waals surface area contributed by atoms with Crippen molar-refractivity contribution in [2.24, 2.45) is 5.73 Å². The number of hydrogen-bond donors (Lipinski definition) is 5. The average molecular weight is 499 g/mol. The molecule has 1 saturated carbocycles. The van der Waals surface area contributed by atoms with Crippen molar-refractivity contribution < 1.29 is 14.3 Å². The number of nitrogens with one attached hydrogen (secondary N) is 4. The van der Waals surface area contributed by atoms with Gasteiger partial charge in [0.05, 0.1) is 26.4 Å². The van der Waals surface area contributed by atoms with Gasteiger partial charge in [-0.05, 0) is 30.5 Å². The monoisotopic (exact) mass is 498 g/mol. The highest BCUT2D eigenvalue weighted by atomic mass is 16.5. The molecule has 0 aliphatic heterocycles. The molecule has 0 radical (unpaired) electrons. The molecule has 11 nitrogen and oxygen atoms in total. The van der Waals surface area contributed by atoms with Gasteiger partial charge in [0.15, 0.2) is 0 Å². The average Bonchev–Trinajstić information content (AvgIpc) is 3.41. The molecule has 1 aliphatic rings. The van der Waals surface area contributed by atoms with Crippen molar-refractivity contribution >= 4 is 23.8 Å². The van der Waals surface area contributed by atoms with Gasteiger partial charge in [0.1, 0.15) is 0 Å². The topological polar surface area (TPSA) is 148 Å². The molecular formula is C25H38N8O3. The molecule has 1 aliphatic carbocycles. The first kappa shape index (κ1) is 27.3. The van der Waals surface area contributed by atoms with Gasteiger partial charge in [0, 0.05) is 37.8 Å². The molecule has 0 saturated heterocycles. The quantitative estimate of drug-likeness (QED) is 0.162. The Morgan fingerprint density at radius 1 is 0.972 bits per heavy atom. The highest BCUT2D eigenvalue weighted by Crippen LogP contribution is 2.21. The summed E-state index contributed by atoms with van der Waals surface area (Å²) in [7, 11) is 0. The fraction of sp³-hybridized carbons (Fsp3) is 0.520. The Balaban J connectivity index is 1.46. The summed E-state index contributed by atoms with van der Waals surface area (Å²) in [5.74, 6) is 1.39. The van der Waals surface area contributed by atoms with Crippen molar-refractivity contribution in [3.05, 3.63) is 48.0 Å². The lowest BCUT2D eigenvalue weighted by molar-refractivity contribution is 0.0511. The zero-order valence-corrected chi connectivity index (χ0v) is 20.8. The van der Waals surface area contributed by atoms with Crippen LogP contribution in [0.4, 0.5) is 17.8 Å². The number of rotatable bonds is 17. The standard InChI is InChI=1S/C25H38N8O3/c1-2-12-28-23-31-24(33-25(32-23)30-21-5-3-4-6-21)29-18-19-7-9-20(10-8-19)22(34)27-13-15-36-17-16-35-14-11-26/h2,7-10,21H,1,3-6,11-18,26H2,(H,27,34)(H3,28,29,30,31,32,33). The molecule has 1 aromatic carbocycles. The van der Waals surface area contributed by atoms with Gasteiger partial charge in [-0.2, -0.15) is 15.0 Å². The highest BCUT2D eigenvalue weighted by Gasteiger charge is 2.17. The Morgan fingerprint density at radius 3 is 2.33 bits per heavy atom. The molecule has 3 rings (SSSR count). The van der Waals surface area contributed by atoms with Crippen LogP contribution < -0.4 is 27.0 Å². The summed E-state index contributed by atoms with van der Waals surface area (Å²) in [6.45, 7) is 7.64. The molecule has 36 heavy (non-hydrogen) atoms. The van der Waals surface area contributed by atoms with E-state index in [0.717, 1.165) is 18.4 Å². The summed E-state index contributed by atoms with van der Waals surface area (Å²) < 4.78 is 10.6. The molecule has 1 amide bonds. The predicted octanol–water partition coefficient (Wildman–Crippen LogP) is 2.16. The van der Waals surface area contributed by atoms with E-state index in [0.29, 0.717) is 82.1 Å². The van der Waals surface area contributed by atoms with Crippen molar-refractivity contribution in [2.45, 2.75) is 38.3 Å². The third-order valence-corrected chi connectivity index (χ3v) is 5.56. The molecule has 1 fully saturated rings. The number of nitrogens with zero attached hydrogens (tertiary/aromatic N) is 3. The van der Waals surface area contributed by atoms with E-state index in [9.17, 15) is 4.79 Å². The molecule has 1 aromatic heterocycles. The van der Waals surface area contributed by atoms with E-state index in [2.05, 4.69) is 42.8 Å². The van der Waals surface area contributed by atoms with Crippen molar-refractivity contribution in [3.8, 4) is 0 Å². The second-order valence-electron chi connectivity index (χ2n) is 8.42. The van der Waals surface area contributed by atoms with Gasteiger partial charge in [-0.15, -0.1) is 6.58 Å². The number of benzene rings is 1. The number of carbonyl (C=O) groups excluding carboxylic acids is 1. The molecule has 6 N–H and O–H groups in total. The van der Waals surface area contributed by atoms with Crippen LogP contribution in [-0.4, -0.2) is 73.0 Å². The summed E-state index contributed by atoms with van der Waals surface area (Å²) in [5, 5.41) is 12.7. The van der Waals surface area contributed by atoms with Crippen LogP contribution in [0.1, 0.15) is 41.6 Å². The highest BCUT2D eigenvalue weighted by molar-refractivity contribution is 5.94. The van der Waals surface area contributed by atoms with E-state index in [-0.39, 0.29) is 5.91 Å². The first-order chi connectivity index (χ1) is 17.7. The van der Waals surface area contributed by atoms with Crippen LogP contribution in [0.2, 0.25) is 0 Å². The molecule has 0 atom stereocenters. The van der Waals surface area contributed by atoms with E-state index >= 15 is 0 Å². The van der Waals surface area contributed by atoms with Gasteiger partial charge >= 0.3 is 0 Å². The van der Waals surface area contributed by atoms with Crippen molar-refractivity contribution in [3.63, 3.8) is 0 Å². The van der Waals surface area contributed by atoms with Gasteiger partial charge in [-0.1, -0.05) is 31.1 Å².